The van der Waals surface area contributed by atoms with Gasteiger partial charge in [-0.3, -0.25) is 9.59 Å². The molecule has 0 atom stereocenters. The fourth-order valence-corrected chi connectivity index (χ4v) is 3.56. The second-order valence-corrected chi connectivity index (χ2v) is 7.76. The highest BCUT2D eigenvalue weighted by atomic mass is 32.2. The van der Waals surface area contributed by atoms with Crippen LogP contribution in [0.3, 0.4) is 0 Å². The van der Waals surface area contributed by atoms with E-state index in [1.165, 1.54) is 11.8 Å². The highest BCUT2D eigenvalue weighted by Crippen LogP contribution is 2.21. The lowest BCUT2D eigenvalue weighted by Gasteiger charge is -2.12. The highest BCUT2D eigenvalue weighted by Gasteiger charge is 2.15. The molecule has 3 rings (SSSR count). The van der Waals surface area contributed by atoms with Crippen molar-refractivity contribution in [3.05, 3.63) is 66.0 Å². The molecule has 7 nitrogen and oxygen atoms in total. The van der Waals surface area contributed by atoms with Crippen molar-refractivity contribution < 1.29 is 9.59 Å². The van der Waals surface area contributed by atoms with Gasteiger partial charge in [-0.05, 0) is 50.6 Å². The van der Waals surface area contributed by atoms with Crippen LogP contribution in [-0.4, -0.2) is 32.3 Å². The molecule has 0 saturated heterocycles. The first-order valence-corrected chi connectivity index (χ1v) is 10.2. The van der Waals surface area contributed by atoms with Crippen molar-refractivity contribution in [3.63, 3.8) is 0 Å². The van der Waals surface area contributed by atoms with Crippen LogP contribution in [0.1, 0.15) is 35.8 Å². The topological polar surface area (TPSA) is 88.9 Å². The maximum atomic E-state index is 12.7. The third kappa shape index (κ3) is 5.45. The Morgan fingerprint density at radius 2 is 1.90 bits per heavy atom. The van der Waals surface area contributed by atoms with E-state index in [1.54, 1.807) is 30.6 Å². The predicted octanol–water partition coefficient (Wildman–Crippen LogP) is 4.15. The molecule has 0 aliphatic carbocycles. The van der Waals surface area contributed by atoms with Crippen molar-refractivity contribution in [2.45, 2.75) is 32.0 Å². The average Bonchev–Trinajstić information content (AvgIpc) is 3.16. The largest absolute Gasteiger partial charge is 0.325 e. The van der Waals surface area contributed by atoms with Crippen molar-refractivity contribution in [3.8, 4) is 0 Å². The molecule has 0 saturated carbocycles. The number of thioether (sulfide) groups is 1. The molecule has 2 N–H and O–H groups in total. The van der Waals surface area contributed by atoms with Crippen LogP contribution in [0.25, 0.3) is 0 Å². The van der Waals surface area contributed by atoms with E-state index in [2.05, 4.69) is 20.8 Å². The van der Waals surface area contributed by atoms with Gasteiger partial charge in [0.1, 0.15) is 6.33 Å². The third-order valence-electron chi connectivity index (χ3n) is 4.15. The number of hydrogen-bond acceptors (Lipinski definition) is 5. The standard InChI is InChI=1S/C21H23N5O2S/c1-14(2)26-13-22-25-21(26)29-12-19(27)24-18-10-5-4-9-17(18)20(28)23-16-8-6-7-15(3)11-16/h4-11,13-14H,12H2,1-3H3,(H,23,28)(H,24,27). The van der Waals surface area contributed by atoms with Crippen LogP contribution in [0, 0.1) is 6.92 Å². The minimum Gasteiger partial charge on any atom is -0.325 e. The minimum absolute atomic E-state index is 0.166. The first-order valence-electron chi connectivity index (χ1n) is 9.23. The minimum atomic E-state index is -0.279. The van der Waals surface area contributed by atoms with Gasteiger partial charge in [0.15, 0.2) is 5.16 Å². The van der Waals surface area contributed by atoms with Crippen LogP contribution in [-0.2, 0) is 4.79 Å². The van der Waals surface area contributed by atoms with Gasteiger partial charge < -0.3 is 15.2 Å². The summed E-state index contributed by atoms with van der Waals surface area (Å²) in [6.45, 7) is 6.01. The lowest BCUT2D eigenvalue weighted by atomic mass is 10.1. The Balaban J connectivity index is 1.66. The summed E-state index contributed by atoms with van der Waals surface area (Å²) in [6.07, 6.45) is 1.65. The van der Waals surface area contributed by atoms with E-state index < -0.39 is 0 Å². The van der Waals surface area contributed by atoms with Crippen molar-refractivity contribution in [1.82, 2.24) is 14.8 Å². The van der Waals surface area contributed by atoms with Crippen molar-refractivity contribution in [2.75, 3.05) is 16.4 Å². The van der Waals surface area contributed by atoms with E-state index in [9.17, 15) is 9.59 Å². The summed E-state index contributed by atoms with van der Waals surface area (Å²) < 4.78 is 1.90. The number of aryl methyl sites for hydroxylation is 1. The van der Waals surface area contributed by atoms with Gasteiger partial charge in [0.25, 0.3) is 5.91 Å². The Hall–Kier alpha value is -3.13. The number of para-hydroxylation sites is 1. The quantitative estimate of drug-likeness (QED) is 0.572. The van der Waals surface area contributed by atoms with Crippen LogP contribution >= 0.6 is 11.8 Å². The molecule has 1 heterocycles. The third-order valence-corrected chi connectivity index (χ3v) is 5.11. The monoisotopic (exact) mass is 409 g/mol. The van der Waals surface area contributed by atoms with Crippen molar-refractivity contribution in [2.24, 2.45) is 0 Å². The summed E-state index contributed by atoms with van der Waals surface area (Å²) in [6, 6.07) is 14.7. The second-order valence-electron chi connectivity index (χ2n) is 6.82. The Morgan fingerprint density at radius 3 is 2.66 bits per heavy atom. The lowest BCUT2D eigenvalue weighted by Crippen LogP contribution is -2.19. The number of nitrogens with zero attached hydrogens (tertiary/aromatic N) is 3. The van der Waals surface area contributed by atoms with Gasteiger partial charge in [0.2, 0.25) is 5.91 Å². The molecular weight excluding hydrogens is 386 g/mol. The zero-order valence-corrected chi connectivity index (χ0v) is 17.4. The van der Waals surface area contributed by atoms with E-state index in [-0.39, 0.29) is 23.6 Å². The fraction of sp³-hybridized carbons (Fsp3) is 0.238. The van der Waals surface area contributed by atoms with E-state index >= 15 is 0 Å². The van der Waals surface area contributed by atoms with E-state index in [4.69, 9.17) is 0 Å². The molecule has 2 aromatic carbocycles. The average molecular weight is 410 g/mol. The molecule has 0 unspecified atom stereocenters. The molecule has 0 spiro atoms. The lowest BCUT2D eigenvalue weighted by molar-refractivity contribution is -0.113. The Kier molecular flexibility index (Phi) is 6.66. The van der Waals surface area contributed by atoms with Crippen molar-refractivity contribution >= 4 is 35.0 Å². The van der Waals surface area contributed by atoms with Gasteiger partial charge in [0, 0.05) is 11.7 Å². The van der Waals surface area contributed by atoms with Gasteiger partial charge in [-0.25, -0.2) is 0 Å². The number of hydrogen-bond donors (Lipinski definition) is 2. The summed E-state index contributed by atoms with van der Waals surface area (Å²) >= 11 is 1.30. The molecule has 2 amide bonds. The summed E-state index contributed by atoms with van der Waals surface area (Å²) in [5.74, 6) is -0.331. The molecule has 1 aromatic heterocycles. The Morgan fingerprint density at radius 1 is 1.10 bits per heavy atom. The Bertz CT molecular complexity index is 1020. The van der Waals surface area contributed by atoms with Gasteiger partial charge in [-0.1, -0.05) is 36.0 Å². The number of carbonyl (C=O) groups excluding carboxylic acids is 2. The van der Waals surface area contributed by atoms with Crippen LogP contribution in [0.2, 0.25) is 0 Å². The number of nitrogens with one attached hydrogen (secondary N) is 2. The molecule has 3 aromatic rings. The molecule has 0 radical (unpaired) electrons. The highest BCUT2D eigenvalue weighted by molar-refractivity contribution is 7.99. The SMILES string of the molecule is Cc1cccc(NC(=O)c2ccccc2NC(=O)CSc2nncn2C(C)C)c1. The number of benzene rings is 2. The first-order chi connectivity index (χ1) is 13.9. The zero-order chi connectivity index (χ0) is 20.8. The summed E-state index contributed by atoms with van der Waals surface area (Å²) in [5, 5.41) is 14.3. The molecule has 0 fully saturated rings. The molecule has 29 heavy (non-hydrogen) atoms. The summed E-state index contributed by atoms with van der Waals surface area (Å²) in [5.41, 5.74) is 2.63. The fourth-order valence-electron chi connectivity index (χ4n) is 2.72. The van der Waals surface area contributed by atoms with Crippen LogP contribution in [0.5, 0.6) is 0 Å². The zero-order valence-electron chi connectivity index (χ0n) is 16.5. The number of rotatable bonds is 7. The number of aromatic nitrogens is 3. The number of anilines is 2. The van der Waals surface area contributed by atoms with Crippen LogP contribution < -0.4 is 10.6 Å². The van der Waals surface area contributed by atoms with Gasteiger partial charge in [-0.15, -0.1) is 10.2 Å². The van der Waals surface area contributed by atoms with Gasteiger partial charge in [0.05, 0.1) is 17.0 Å². The Labute approximate surface area is 173 Å². The maximum absolute atomic E-state index is 12.7. The van der Waals surface area contributed by atoms with Gasteiger partial charge in [-0.2, -0.15) is 0 Å². The normalized spacial score (nSPS) is 10.8. The first kappa shape index (κ1) is 20.6. The van der Waals surface area contributed by atoms with Crippen LogP contribution in [0.4, 0.5) is 11.4 Å². The number of carbonyl (C=O) groups is 2. The molecule has 0 bridgehead atoms. The second kappa shape index (κ2) is 9.38. The molecule has 150 valence electrons. The number of amides is 2. The van der Waals surface area contributed by atoms with E-state index in [0.717, 1.165) is 5.56 Å². The van der Waals surface area contributed by atoms with E-state index in [1.807, 2.05) is 49.6 Å². The molecule has 0 aliphatic heterocycles. The molecule has 0 aliphatic rings. The maximum Gasteiger partial charge on any atom is 0.257 e. The predicted molar refractivity (Wildman–Crippen MR) is 115 cm³/mol. The summed E-state index contributed by atoms with van der Waals surface area (Å²) in [7, 11) is 0. The van der Waals surface area contributed by atoms with Gasteiger partial charge >= 0.3 is 0 Å². The van der Waals surface area contributed by atoms with Crippen LogP contribution in [0.15, 0.2) is 60.0 Å². The molecular formula is C21H23N5O2S. The summed E-state index contributed by atoms with van der Waals surface area (Å²) in [4.78, 5) is 25.1. The van der Waals surface area contributed by atoms with Crippen molar-refractivity contribution in [1.29, 1.82) is 0 Å². The smallest absolute Gasteiger partial charge is 0.257 e. The molecule has 8 heteroatoms. The van der Waals surface area contributed by atoms with E-state index in [0.29, 0.717) is 22.1 Å².